The van der Waals surface area contributed by atoms with Gasteiger partial charge in [0.15, 0.2) is 5.96 Å². The summed E-state index contributed by atoms with van der Waals surface area (Å²) < 4.78 is 0. The van der Waals surface area contributed by atoms with Crippen molar-refractivity contribution in [1.29, 1.82) is 0 Å². The number of likely N-dealkylation sites (N-methyl/N-ethyl adjacent to an activating group) is 1. The van der Waals surface area contributed by atoms with Gasteiger partial charge in [-0.15, -0.1) is 35.3 Å². The minimum Gasteiger partial charge on any atom is -0.383 e. The molecule has 0 aliphatic carbocycles. The van der Waals surface area contributed by atoms with E-state index in [0.717, 1.165) is 43.6 Å². The van der Waals surface area contributed by atoms with E-state index in [0.29, 0.717) is 6.54 Å². The van der Waals surface area contributed by atoms with E-state index in [2.05, 4.69) is 34.4 Å². The van der Waals surface area contributed by atoms with Crippen LogP contribution in [0.5, 0.6) is 0 Å². The average molecular weight is 468 g/mol. The first-order chi connectivity index (χ1) is 11.0. The van der Waals surface area contributed by atoms with Crippen molar-refractivity contribution in [3.63, 3.8) is 0 Å². The van der Waals surface area contributed by atoms with E-state index in [1.54, 1.807) is 11.3 Å². The minimum absolute atomic E-state index is 0. The normalized spacial score (nSPS) is 14.2. The van der Waals surface area contributed by atoms with Crippen LogP contribution in [0.4, 0.5) is 0 Å². The molecule has 0 radical (unpaired) electrons. The van der Waals surface area contributed by atoms with Crippen molar-refractivity contribution >= 4 is 41.3 Å². The summed E-state index contributed by atoms with van der Waals surface area (Å²) in [7, 11) is 0. The summed E-state index contributed by atoms with van der Waals surface area (Å²) in [5.41, 5.74) is -0.922. The van der Waals surface area contributed by atoms with Crippen LogP contribution in [-0.4, -0.2) is 55.2 Å². The predicted molar refractivity (Wildman–Crippen MR) is 116 cm³/mol. The van der Waals surface area contributed by atoms with Crippen LogP contribution >= 0.6 is 35.3 Å². The molecule has 1 rings (SSSR count). The number of hydrogen-bond donors (Lipinski definition) is 3. The number of rotatable bonds is 10. The molecular formula is C17H33IN4OS. The van der Waals surface area contributed by atoms with Crippen molar-refractivity contribution in [3.05, 3.63) is 22.4 Å². The molecule has 1 atom stereocenters. The van der Waals surface area contributed by atoms with Gasteiger partial charge in [0.1, 0.15) is 5.60 Å². The molecule has 3 N–H and O–H groups in total. The Morgan fingerprint density at radius 3 is 2.58 bits per heavy atom. The van der Waals surface area contributed by atoms with Crippen LogP contribution in [0, 0.1) is 0 Å². The second kappa shape index (κ2) is 12.9. The maximum Gasteiger partial charge on any atom is 0.191 e. The molecule has 0 bridgehead atoms. The summed E-state index contributed by atoms with van der Waals surface area (Å²) in [6, 6.07) is 3.90. The summed E-state index contributed by atoms with van der Waals surface area (Å²) in [6.45, 7) is 13.4. The quantitative estimate of drug-likeness (QED) is 0.281. The van der Waals surface area contributed by atoms with Crippen molar-refractivity contribution in [2.75, 3.05) is 39.3 Å². The van der Waals surface area contributed by atoms with Crippen molar-refractivity contribution in [2.24, 2.45) is 4.99 Å². The molecule has 0 spiro atoms. The van der Waals surface area contributed by atoms with Crippen LogP contribution in [0.3, 0.4) is 0 Å². The zero-order valence-electron chi connectivity index (χ0n) is 15.3. The molecule has 1 unspecified atom stereocenters. The maximum absolute atomic E-state index is 10.6. The topological polar surface area (TPSA) is 59.9 Å². The Hall–Kier alpha value is -0.380. The summed E-state index contributed by atoms with van der Waals surface area (Å²) in [5.74, 6) is 0.761. The smallest absolute Gasteiger partial charge is 0.191 e. The van der Waals surface area contributed by atoms with E-state index in [1.165, 1.54) is 6.42 Å². The van der Waals surface area contributed by atoms with E-state index in [4.69, 9.17) is 0 Å². The van der Waals surface area contributed by atoms with Gasteiger partial charge in [-0.25, -0.2) is 4.99 Å². The summed E-state index contributed by atoms with van der Waals surface area (Å²) in [6.07, 6.45) is 1.17. The van der Waals surface area contributed by atoms with Gasteiger partial charge in [-0.2, -0.15) is 0 Å². The lowest BCUT2D eigenvalue weighted by molar-refractivity contribution is 0.0711. The molecule has 5 nitrogen and oxygen atoms in total. The summed E-state index contributed by atoms with van der Waals surface area (Å²) in [5, 5.41) is 19.1. The molecule has 0 aromatic carbocycles. The van der Waals surface area contributed by atoms with Gasteiger partial charge < -0.3 is 20.6 Å². The minimum atomic E-state index is -0.922. The van der Waals surface area contributed by atoms with Gasteiger partial charge in [-0.3, -0.25) is 0 Å². The van der Waals surface area contributed by atoms with Crippen molar-refractivity contribution < 1.29 is 5.11 Å². The lowest BCUT2D eigenvalue weighted by atomic mass is 10.1. The molecule has 1 aromatic rings. The molecule has 0 saturated heterocycles. The summed E-state index contributed by atoms with van der Waals surface area (Å²) in [4.78, 5) is 7.90. The van der Waals surface area contributed by atoms with E-state index >= 15 is 0 Å². The largest absolute Gasteiger partial charge is 0.383 e. The van der Waals surface area contributed by atoms with Gasteiger partial charge in [-0.05, 0) is 44.8 Å². The zero-order valence-corrected chi connectivity index (χ0v) is 18.5. The van der Waals surface area contributed by atoms with Crippen LogP contribution < -0.4 is 10.6 Å². The Balaban J connectivity index is 0.00000529. The first kappa shape index (κ1) is 23.6. The van der Waals surface area contributed by atoms with E-state index < -0.39 is 5.60 Å². The number of aliphatic hydroxyl groups is 1. The van der Waals surface area contributed by atoms with E-state index in [1.807, 2.05) is 31.4 Å². The molecule has 140 valence electrons. The fourth-order valence-electron chi connectivity index (χ4n) is 2.31. The van der Waals surface area contributed by atoms with Crippen LogP contribution in [0.15, 0.2) is 22.5 Å². The Morgan fingerprint density at radius 1 is 1.29 bits per heavy atom. The van der Waals surface area contributed by atoms with Gasteiger partial charge in [0.25, 0.3) is 0 Å². The molecule has 7 heteroatoms. The highest BCUT2D eigenvalue weighted by molar-refractivity contribution is 14.0. The fourth-order valence-corrected chi connectivity index (χ4v) is 3.09. The van der Waals surface area contributed by atoms with Crippen LogP contribution in [0.25, 0.3) is 0 Å². The Labute approximate surface area is 168 Å². The highest BCUT2D eigenvalue weighted by Crippen LogP contribution is 2.25. The number of hydrogen-bond acceptors (Lipinski definition) is 4. The molecule has 0 saturated carbocycles. The van der Waals surface area contributed by atoms with Gasteiger partial charge in [-0.1, -0.05) is 19.9 Å². The molecule has 1 heterocycles. The molecule has 0 aliphatic rings. The molecule has 0 amide bonds. The fraction of sp³-hybridized carbons (Fsp3) is 0.706. The maximum atomic E-state index is 10.6. The second-order valence-corrected chi connectivity index (χ2v) is 6.76. The Kier molecular flexibility index (Phi) is 12.7. The average Bonchev–Trinajstić information content (AvgIpc) is 3.07. The van der Waals surface area contributed by atoms with Crippen molar-refractivity contribution in [1.82, 2.24) is 15.5 Å². The van der Waals surface area contributed by atoms with Crippen molar-refractivity contribution in [3.8, 4) is 0 Å². The predicted octanol–water partition coefficient (Wildman–Crippen LogP) is 2.86. The number of thiophene rings is 1. The Bertz CT molecular complexity index is 451. The lowest BCUT2D eigenvalue weighted by Gasteiger charge is -2.22. The lowest BCUT2D eigenvalue weighted by Crippen LogP contribution is -2.42. The van der Waals surface area contributed by atoms with E-state index in [-0.39, 0.29) is 24.0 Å². The van der Waals surface area contributed by atoms with Gasteiger partial charge in [0, 0.05) is 24.5 Å². The van der Waals surface area contributed by atoms with Gasteiger partial charge >= 0.3 is 0 Å². The highest BCUT2D eigenvalue weighted by atomic mass is 127. The summed E-state index contributed by atoms with van der Waals surface area (Å²) >= 11 is 1.56. The highest BCUT2D eigenvalue weighted by Gasteiger charge is 2.23. The van der Waals surface area contributed by atoms with E-state index in [9.17, 15) is 5.11 Å². The number of guanidine groups is 1. The molecule has 0 fully saturated rings. The third-order valence-corrected chi connectivity index (χ3v) is 4.77. The van der Waals surface area contributed by atoms with Crippen molar-refractivity contribution in [2.45, 2.75) is 39.7 Å². The first-order valence-corrected chi connectivity index (χ1v) is 9.42. The second-order valence-electron chi connectivity index (χ2n) is 5.81. The molecular weight excluding hydrogens is 435 g/mol. The Morgan fingerprint density at radius 2 is 2.04 bits per heavy atom. The van der Waals surface area contributed by atoms with Crippen LogP contribution in [0.2, 0.25) is 0 Å². The number of nitrogens with zero attached hydrogens (tertiary/aromatic N) is 2. The number of halogens is 1. The first-order valence-electron chi connectivity index (χ1n) is 8.54. The van der Waals surface area contributed by atoms with Gasteiger partial charge in [0.2, 0.25) is 0 Å². The van der Waals surface area contributed by atoms with Crippen LogP contribution in [0.1, 0.15) is 39.0 Å². The van der Waals surface area contributed by atoms with Gasteiger partial charge in [0.05, 0.1) is 6.54 Å². The number of aliphatic imine (C=N–C) groups is 1. The third kappa shape index (κ3) is 8.64. The number of nitrogens with one attached hydrogen (secondary N) is 2. The molecule has 1 aromatic heterocycles. The monoisotopic (exact) mass is 468 g/mol. The molecule has 24 heavy (non-hydrogen) atoms. The van der Waals surface area contributed by atoms with Crippen LogP contribution in [-0.2, 0) is 5.60 Å². The SMILES string of the molecule is CCCN(CC)CCNC(=NCC(C)(O)c1cccs1)NCC.I. The third-order valence-electron chi connectivity index (χ3n) is 3.65. The zero-order chi connectivity index (χ0) is 17.1. The standard InChI is InChI=1S/C17H32N4OS.HI/c1-5-11-21(7-3)12-10-19-16(18-6-2)20-14-17(4,22)15-9-8-13-23-15;/h8-9,13,22H,5-7,10-12,14H2,1-4H3,(H2,18,19,20);1H. The molecule has 0 aliphatic heterocycles.